The van der Waals surface area contributed by atoms with Crippen molar-refractivity contribution in [2.24, 2.45) is 0 Å². The standard InChI is InChI=1S/C10H9NO5/c12-10(13)16-9(11(14)15)7-6-8-4-2-1-3-5-8/h1-7,9H,(H,12,13). The van der Waals surface area contributed by atoms with E-state index in [0.29, 0.717) is 0 Å². The van der Waals surface area contributed by atoms with Crippen molar-refractivity contribution in [3.8, 4) is 0 Å². The lowest BCUT2D eigenvalue weighted by atomic mass is 10.2. The molecule has 0 saturated carbocycles. The van der Waals surface area contributed by atoms with Gasteiger partial charge in [0.2, 0.25) is 0 Å². The normalized spacial score (nSPS) is 12.2. The molecule has 16 heavy (non-hydrogen) atoms. The maximum Gasteiger partial charge on any atom is 0.511 e. The second-order valence-electron chi connectivity index (χ2n) is 2.83. The van der Waals surface area contributed by atoms with E-state index < -0.39 is 17.3 Å². The minimum Gasteiger partial charge on any atom is -0.450 e. The molecule has 0 aliphatic carbocycles. The predicted octanol–water partition coefficient (Wildman–Crippen LogP) is 2.00. The first-order valence-electron chi connectivity index (χ1n) is 4.36. The van der Waals surface area contributed by atoms with Crippen LogP contribution in [0.15, 0.2) is 36.4 Å². The summed E-state index contributed by atoms with van der Waals surface area (Å²) >= 11 is 0. The fourth-order valence-corrected chi connectivity index (χ4v) is 1.01. The lowest BCUT2D eigenvalue weighted by molar-refractivity contribution is -0.552. The molecule has 1 aromatic rings. The molecule has 1 aromatic carbocycles. The summed E-state index contributed by atoms with van der Waals surface area (Å²) in [5.74, 6) is 0. The SMILES string of the molecule is O=C(O)OC(C=Cc1ccccc1)[N+](=O)[O-]. The van der Waals surface area contributed by atoms with Crippen LogP contribution in [0.2, 0.25) is 0 Å². The van der Waals surface area contributed by atoms with E-state index in [1.165, 1.54) is 6.08 Å². The molecule has 6 heteroatoms. The number of benzene rings is 1. The molecular formula is C10H9NO5. The molecule has 0 bridgehead atoms. The summed E-state index contributed by atoms with van der Waals surface area (Å²) in [6.07, 6.45) is -0.864. The zero-order valence-corrected chi connectivity index (χ0v) is 8.15. The number of nitro groups is 1. The Labute approximate surface area is 90.9 Å². The van der Waals surface area contributed by atoms with Gasteiger partial charge in [-0.05, 0) is 11.6 Å². The van der Waals surface area contributed by atoms with E-state index in [0.717, 1.165) is 11.6 Å². The highest BCUT2D eigenvalue weighted by atomic mass is 16.7. The molecule has 0 heterocycles. The molecule has 1 unspecified atom stereocenters. The van der Waals surface area contributed by atoms with Gasteiger partial charge in [0.25, 0.3) is 0 Å². The van der Waals surface area contributed by atoms with E-state index in [4.69, 9.17) is 5.11 Å². The van der Waals surface area contributed by atoms with E-state index in [2.05, 4.69) is 4.74 Å². The quantitative estimate of drug-likeness (QED) is 0.365. The minimum absolute atomic E-state index is 0.725. The van der Waals surface area contributed by atoms with Crippen molar-refractivity contribution in [3.63, 3.8) is 0 Å². The van der Waals surface area contributed by atoms with Gasteiger partial charge >= 0.3 is 12.4 Å². The third-order valence-corrected chi connectivity index (χ3v) is 1.68. The maximum atomic E-state index is 10.4. The third kappa shape index (κ3) is 3.79. The van der Waals surface area contributed by atoms with E-state index in [1.807, 2.05) is 0 Å². The van der Waals surface area contributed by atoms with Crippen LogP contribution < -0.4 is 0 Å². The number of carbonyl (C=O) groups is 1. The molecule has 0 aromatic heterocycles. The van der Waals surface area contributed by atoms with Crippen LogP contribution in [0.1, 0.15) is 5.56 Å². The average molecular weight is 223 g/mol. The van der Waals surface area contributed by atoms with Crippen molar-refractivity contribution in [1.82, 2.24) is 0 Å². The molecule has 0 amide bonds. The summed E-state index contributed by atoms with van der Waals surface area (Å²) in [6.45, 7) is 0. The van der Waals surface area contributed by atoms with Crippen LogP contribution >= 0.6 is 0 Å². The smallest absolute Gasteiger partial charge is 0.450 e. The zero-order valence-electron chi connectivity index (χ0n) is 8.15. The summed E-state index contributed by atoms with van der Waals surface area (Å²) in [4.78, 5) is 19.8. The van der Waals surface area contributed by atoms with Gasteiger partial charge in [-0.2, -0.15) is 0 Å². The van der Waals surface area contributed by atoms with Crippen molar-refractivity contribution in [3.05, 3.63) is 52.1 Å². The first kappa shape index (κ1) is 11.7. The Bertz CT molecular complexity index is 401. The molecule has 0 radical (unpaired) electrons. The van der Waals surface area contributed by atoms with Crippen molar-refractivity contribution in [2.45, 2.75) is 6.23 Å². The first-order valence-corrected chi connectivity index (χ1v) is 4.36. The van der Waals surface area contributed by atoms with Crippen LogP contribution in [-0.2, 0) is 4.74 Å². The number of carboxylic acid groups (broad SMARTS) is 1. The van der Waals surface area contributed by atoms with E-state index >= 15 is 0 Å². The Hall–Kier alpha value is -2.37. The molecule has 0 spiro atoms. The summed E-state index contributed by atoms with van der Waals surface area (Å²) in [5, 5.41) is 18.7. The molecule has 1 rings (SSSR count). The van der Waals surface area contributed by atoms with Crippen LogP contribution in [-0.4, -0.2) is 22.4 Å². The van der Waals surface area contributed by atoms with Gasteiger partial charge in [-0.1, -0.05) is 30.3 Å². The van der Waals surface area contributed by atoms with Gasteiger partial charge in [-0.25, -0.2) is 4.79 Å². The number of nitrogens with zero attached hydrogens (tertiary/aromatic N) is 1. The zero-order chi connectivity index (χ0) is 12.0. The van der Waals surface area contributed by atoms with Crippen LogP contribution in [0.4, 0.5) is 4.79 Å². The Morgan fingerprint density at radius 1 is 1.44 bits per heavy atom. The number of hydrogen-bond donors (Lipinski definition) is 1. The highest BCUT2D eigenvalue weighted by Gasteiger charge is 2.20. The second kappa shape index (κ2) is 5.50. The van der Waals surface area contributed by atoms with Gasteiger partial charge < -0.3 is 9.84 Å². The molecule has 0 saturated heterocycles. The molecule has 6 nitrogen and oxygen atoms in total. The van der Waals surface area contributed by atoms with E-state index in [-0.39, 0.29) is 0 Å². The van der Waals surface area contributed by atoms with E-state index in [1.54, 1.807) is 30.3 Å². The highest BCUT2D eigenvalue weighted by molar-refractivity contribution is 5.57. The van der Waals surface area contributed by atoms with Gasteiger partial charge in [-0.3, -0.25) is 10.1 Å². The molecule has 1 atom stereocenters. The second-order valence-corrected chi connectivity index (χ2v) is 2.83. The van der Waals surface area contributed by atoms with Crippen LogP contribution in [0.5, 0.6) is 0 Å². The van der Waals surface area contributed by atoms with Crippen LogP contribution in [0.3, 0.4) is 0 Å². The first-order chi connectivity index (χ1) is 7.59. The Morgan fingerprint density at radius 2 is 2.06 bits per heavy atom. The predicted molar refractivity (Wildman–Crippen MR) is 55.4 cm³/mol. The lowest BCUT2D eigenvalue weighted by Gasteiger charge is -2.02. The van der Waals surface area contributed by atoms with Gasteiger partial charge in [0.15, 0.2) is 0 Å². The fraction of sp³-hybridized carbons (Fsp3) is 0.100. The lowest BCUT2D eigenvalue weighted by Crippen LogP contribution is -2.23. The number of ether oxygens (including phenoxy) is 1. The van der Waals surface area contributed by atoms with Crippen molar-refractivity contribution in [2.75, 3.05) is 0 Å². The van der Waals surface area contributed by atoms with Gasteiger partial charge in [0, 0.05) is 6.08 Å². The molecule has 0 aliphatic rings. The minimum atomic E-state index is -1.68. The average Bonchev–Trinajstić information content (AvgIpc) is 2.25. The molecule has 84 valence electrons. The van der Waals surface area contributed by atoms with Gasteiger partial charge in [0.1, 0.15) is 0 Å². The fourth-order valence-electron chi connectivity index (χ4n) is 1.01. The molecular weight excluding hydrogens is 214 g/mol. The Morgan fingerprint density at radius 3 is 2.56 bits per heavy atom. The molecule has 1 N–H and O–H groups in total. The van der Waals surface area contributed by atoms with Crippen molar-refractivity contribution < 1.29 is 19.6 Å². The van der Waals surface area contributed by atoms with Crippen LogP contribution in [0, 0.1) is 10.1 Å². The largest absolute Gasteiger partial charge is 0.511 e. The Balaban J connectivity index is 2.72. The number of rotatable bonds is 4. The van der Waals surface area contributed by atoms with Gasteiger partial charge in [-0.15, -0.1) is 0 Å². The maximum absolute atomic E-state index is 10.4. The Kier molecular flexibility index (Phi) is 4.02. The highest BCUT2D eigenvalue weighted by Crippen LogP contribution is 2.04. The van der Waals surface area contributed by atoms with Crippen LogP contribution in [0.25, 0.3) is 6.08 Å². The topological polar surface area (TPSA) is 89.7 Å². The van der Waals surface area contributed by atoms with Crippen molar-refractivity contribution in [1.29, 1.82) is 0 Å². The van der Waals surface area contributed by atoms with Gasteiger partial charge in [0.05, 0.1) is 4.92 Å². The summed E-state index contributed by atoms with van der Waals surface area (Å²) in [5.41, 5.74) is 0.725. The monoisotopic (exact) mass is 223 g/mol. The number of hydrogen-bond acceptors (Lipinski definition) is 4. The molecule has 0 fully saturated rings. The van der Waals surface area contributed by atoms with E-state index in [9.17, 15) is 14.9 Å². The van der Waals surface area contributed by atoms with Crippen molar-refractivity contribution >= 4 is 12.2 Å². The summed E-state index contributed by atoms with van der Waals surface area (Å²) in [6, 6.07) is 8.79. The summed E-state index contributed by atoms with van der Waals surface area (Å²) in [7, 11) is 0. The molecule has 0 aliphatic heterocycles. The third-order valence-electron chi connectivity index (χ3n) is 1.68. The summed E-state index contributed by atoms with van der Waals surface area (Å²) < 4.78 is 4.06.